The highest BCUT2D eigenvalue weighted by Crippen LogP contribution is 2.15. The van der Waals surface area contributed by atoms with Gasteiger partial charge in [0.2, 0.25) is 0 Å². The minimum atomic E-state index is 0.425. The highest BCUT2D eigenvalue weighted by atomic mass is 16.5. The molecule has 0 saturated carbocycles. The van der Waals surface area contributed by atoms with Crippen molar-refractivity contribution in [3.05, 3.63) is 24.2 Å². The maximum absolute atomic E-state index is 5.46. The summed E-state index contributed by atoms with van der Waals surface area (Å²) in [6.45, 7) is 7.95. The maximum atomic E-state index is 5.46. The van der Waals surface area contributed by atoms with Crippen LogP contribution < -0.4 is 5.32 Å². The normalized spacial score (nSPS) is 18.0. The fraction of sp³-hybridized carbons (Fsp3) is 0.722. The van der Waals surface area contributed by atoms with E-state index < -0.39 is 0 Å². The molecule has 0 spiro atoms. The SMILES string of the molecule is CCC(C)NC(=NCCc1ccco1)N(C)CC1CCOCC1. The molecular formula is C18H31N3O2. The lowest BCUT2D eigenvalue weighted by atomic mass is 10.00. The third-order valence-corrected chi connectivity index (χ3v) is 4.42. The van der Waals surface area contributed by atoms with Gasteiger partial charge in [-0.2, -0.15) is 0 Å². The van der Waals surface area contributed by atoms with Crippen LogP contribution in [0.25, 0.3) is 0 Å². The van der Waals surface area contributed by atoms with Crippen LogP contribution in [0.2, 0.25) is 0 Å². The van der Waals surface area contributed by atoms with E-state index >= 15 is 0 Å². The van der Waals surface area contributed by atoms with E-state index in [1.807, 2.05) is 12.1 Å². The molecule has 1 atom stereocenters. The van der Waals surface area contributed by atoms with Gasteiger partial charge in [-0.05, 0) is 44.2 Å². The fourth-order valence-electron chi connectivity index (χ4n) is 2.73. The van der Waals surface area contributed by atoms with E-state index in [0.717, 1.165) is 63.7 Å². The Morgan fingerprint density at radius 3 is 2.87 bits per heavy atom. The summed E-state index contributed by atoms with van der Waals surface area (Å²) in [5, 5.41) is 3.55. The largest absolute Gasteiger partial charge is 0.469 e. The molecule has 0 aromatic carbocycles. The second-order valence-electron chi connectivity index (χ2n) is 6.42. The molecule has 1 aromatic heterocycles. The molecule has 1 fully saturated rings. The van der Waals surface area contributed by atoms with Crippen molar-refractivity contribution in [2.24, 2.45) is 10.9 Å². The summed E-state index contributed by atoms with van der Waals surface area (Å²) in [5.41, 5.74) is 0. The van der Waals surface area contributed by atoms with Gasteiger partial charge >= 0.3 is 0 Å². The summed E-state index contributed by atoms with van der Waals surface area (Å²) in [4.78, 5) is 7.06. The van der Waals surface area contributed by atoms with Gasteiger partial charge in [-0.25, -0.2) is 0 Å². The molecule has 0 amide bonds. The Morgan fingerprint density at radius 1 is 1.43 bits per heavy atom. The molecule has 2 heterocycles. The number of nitrogens with zero attached hydrogens (tertiary/aromatic N) is 2. The average molecular weight is 321 g/mol. The van der Waals surface area contributed by atoms with Crippen LogP contribution in [0, 0.1) is 5.92 Å². The van der Waals surface area contributed by atoms with E-state index in [0.29, 0.717) is 12.0 Å². The Bertz CT molecular complexity index is 453. The van der Waals surface area contributed by atoms with Gasteiger partial charge in [-0.15, -0.1) is 0 Å². The zero-order valence-corrected chi connectivity index (χ0v) is 14.8. The van der Waals surface area contributed by atoms with Gasteiger partial charge < -0.3 is 19.4 Å². The molecule has 1 aliphatic heterocycles. The molecule has 1 saturated heterocycles. The van der Waals surface area contributed by atoms with Crippen LogP contribution in [-0.2, 0) is 11.2 Å². The molecule has 130 valence electrons. The molecule has 5 heteroatoms. The smallest absolute Gasteiger partial charge is 0.193 e. The Hall–Kier alpha value is -1.49. The van der Waals surface area contributed by atoms with E-state index in [-0.39, 0.29) is 0 Å². The summed E-state index contributed by atoms with van der Waals surface area (Å²) < 4.78 is 10.8. The van der Waals surface area contributed by atoms with E-state index in [4.69, 9.17) is 14.1 Å². The topological polar surface area (TPSA) is 50.0 Å². The standard InChI is InChI=1S/C18H31N3O2/c1-4-15(2)20-18(19-10-7-17-6-5-11-23-17)21(3)14-16-8-12-22-13-9-16/h5-6,11,15-16H,4,7-10,12-14H2,1-3H3,(H,19,20). The summed E-state index contributed by atoms with van der Waals surface area (Å²) in [7, 11) is 2.14. The fourth-order valence-corrected chi connectivity index (χ4v) is 2.73. The average Bonchev–Trinajstić information content (AvgIpc) is 3.08. The van der Waals surface area contributed by atoms with Gasteiger partial charge in [0.1, 0.15) is 5.76 Å². The summed E-state index contributed by atoms with van der Waals surface area (Å²) in [5.74, 6) is 2.68. The van der Waals surface area contributed by atoms with E-state index in [2.05, 4.69) is 31.1 Å². The van der Waals surface area contributed by atoms with E-state index in [9.17, 15) is 0 Å². The number of ether oxygens (including phenoxy) is 1. The zero-order valence-electron chi connectivity index (χ0n) is 14.8. The molecule has 2 rings (SSSR count). The monoisotopic (exact) mass is 321 g/mol. The van der Waals surface area contributed by atoms with Crippen molar-refractivity contribution in [1.29, 1.82) is 0 Å². The van der Waals surface area contributed by atoms with Crippen molar-refractivity contribution >= 4 is 5.96 Å². The molecule has 5 nitrogen and oxygen atoms in total. The molecular weight excluding hydrogens is 290 g/mol. The first-order valence-electron chi connectivity index (χ1n) is 8.81. The second-order valence-corrected chi connectivity index (χ2v) is 6.42. The Morgan fingerprint density at radius 2 is 2.22 bits per heavy atom. The second kappa shape index (κ2) is 9.60. The van der Waals surface area contributed by atoms with E-state index in [1.165, 1.54) is 0 Å². The van der Waals surface area contributed by atoms with Gasteiger partial charge in [0.15, 0.2) is 5.96 Å². The summed E-state index contributed by atoms with van der Waals surface area (Å²) >= 11 is 0. The summed E-state index contributed by atoms with van der Waals surface area (Å²) in [6, 6.07) is 4.35. The number of hydrogen-bond donors (Lipinski definition) is 1. The summed E-state index contributed by atoms with van der Waals surface area (Å²) in [6.07, 6.45) is 5.93. The van der Waals surface area contributed by atoms with Gasteiger partial charge in [0.05, 0.1) is 6.26 Å². The zero-order chi connectivity index (χ0) is 16.5. The third kappa shape index (κ3) is 6.26. The van der Waals surface area contributed by atoms with Crippen molar-refractivity contribution in [1.82, 2.24) is 10.2 Å². The maximum Gasteiger partial charge on any atom is 0.193 e. The predicted molar refractivity (Wildman–Crippen MR) is 93.8 cm³/mol. The van der Waals surface area contributed by atoms with Crippen LogP contribution in [0.5, 0.6) is 0 Å². The first-order valence-corrected chi connectivity index (χ1v) is 8.81. The van der Waals surface area contributed by atoms with Crippen LogP contribution >= 0.6 is 0 Å². The van der Waals surface area contributed by atoms with Crippen molar-refractivity contribution in [3.63, 3.8) is 0 Å². The first-order chi connectivity index (χ1) is 11.2. The van der Waals surface area contributed by atoms with Crippen LogP contribution in [-0.4, -0.2) is 50.3 Å². The van der Waals surface area contributed by atoms with Crippen molar-refractivity contribution in [2.75, 3.05) is 33.4 Å². The minimum absolute atomic E-state index is 0.425. The quantitative estimate of drug-likeness (QED) is 0.620. The van der Waals surface area contributed by atoms with Crippen molar-refractivity contribution in [3.8, 4) is 0 Å². The number of rotatable bonds is 7. The molecule has 1 unspecified atom stereocenters. The molecule has 0 aliphatic carbocycles. The van der Waals surface area contributed by atoms with Crippen LogP contribution in [0.1, 0.15) is 38.9 Å². The number of furan rings is 1. The van der Waals surface area contributed by atoms with E-state index in [1.54, 1.807) is 6.26 Å². The predicted octanol–water partition coefficient (Wildman–Crippen LogP) is 2.92. The number of hydrogen-bond acceptors (Lipinski definition) is 3. The molecule has 0 bridgehead atoms. The lowest BCUT2D eigenvalue weighted by Gasteiger charge is -2.30. The molecule has 1 N–H and O–H groups in total. The number of guanidine groups is 1. The van der Waals surface area contributed by atoms with Gasteiger partial charge in [0.25, 0.3) is 0 Å². The molecule has 23 heavy (non-hydrogen) atoms. The van der Waals surface area contributed by atoms with Crippen LogP contribution in [0.4, 0.5) is 0 Å². The molecule has 1 aliphatic rings. The highest BCUT2D eigenvalue weighted by Gasteiger charge is 2.18. The van der Waals surface area contributed by atoms with Crippen LogP contribution in [0.15, 0.2) is 27.8 Å². The Kier molecular flexibility index (Phi) is 7.46. The van der Waals surface area contributed by atoms with Crippen molar-refractivity contribution < 1.29 is 9.15 Å². The Balaban J connectivity index is 1.90. The third-order valence-electron chi connectivity index (χ3n) is 4.42. The first kappa shape index (κ1) is 17.9. The lowest BCUT2D eigenvalue weighted by Crippen LogP contribution is -2.45. The highest BCUT2D eigenvalue weighted by molar-refractivity contribution is 5.80. The number of nitrogens with one attached hydrogen (secondary N) is 1. The van der Waals surface area contributed by atoms with Crippen LogP contribution in [0.3, 0.4) is 0 Å². The van der Waals surface area contributed by atoms with Gasteiger partial charge in [0, 0.05) is 45.8 Å². The number of aliphatic imine (C=N–C) groups is 1. The van der Waals surface area contributed by atoms with Gasteiger partial charge in [-0.1, -0.05) is 6.92 Å². The van der Waals surface area contributed by atoms with Crippen molar-refractivity contribution in [2.45, 2.75) is 45.6 Å². The minimum Gasteiger partial charge on any atom is -0.469 e. The van der Waals surface area contributed by atoms with Gasteiger partial charge in [-0.3, -0.25) is 4.99 Å². The lowest BCUT2D eigenvalue weighted by molar-refractivity contribution is 0.0609. The molecule has 0 radical (unpaired) electrons. The Labute approximate surface area is 140 Å². The molecule has 1 aromatic rings.